The molecule has 0 aliphatic carbocycles. The highest BCUT2D eigenvalue weighted by Gasteiger charge is 2.12. The number of carbonyl (C=O) groups excluding carboxylic acids is 2. The van der Waals surface area contributed by atoms with Crippen molar-refractivity contribution in [2.45, 2.75) is 12.1 Å². The Labute approximate surface area is 137 Å². The molecule has 0 unspecified atom stereocenters. The summed E-state index contributed by atoms with van der Waals surface area (Å²) in [5.41, 5.74) is 0.952. The van der Waals surface area contributed by atoms with Gasteiger partial charge in [0.25, 0.3) is 0 Å². The van der Waals surface area contributed by atoms with Gasteiger partial charge in [0.05, 0.1) is 25.7 Å². The van der Waals surface area contributed by atoms with Crippen LogP contribution in [-0.4, -0.2) is 41.3 Å². The number of hydrogen-bond acceptors (Lipinski definition) is 6. The third kappa shape index (κ3) is 5.03. The van der Waals surface area contributed by atoms with Gasteiger partial charge < -0.3 is 19.8 Å². The molecule has 7 nitrogen and oxygen atoms in total. The Kier molecular flexibility index (Phi) is 6.04. The Hall–Kier alpha value is -2.48. The summed E-state index contributed by atoms with van der Waals surface area (Å²) in [6, 6.07) is 7.04. The Balaban J connectivity index is 1.83. The standard InChI is InChI=1S/C15H17N3O4S/c1-3-22-14(20)12-8-16-15(18-12)23-9-13(19)17-10-4-6-11(21-2)7-5-10/h4-8H,3,9H2,1-2H3,(H,16,18)(H,17,19). The van der Waals surface area contributed by atoms with E-state index in [4.69, 9.17) is 9.47 Å². The molecule has 0 radical (unpaired) electrons. The minimum atomic E-state index is -0.463. The molecule has 0 saturated carbocycles. The highest BCUT2D eigenvalue weighted by atomic mass is 32.2. The molecule has 0 spiro atoms. The van der Waals surface area contributed by atoms with Crippen LogP contribution in [0.15, 0.2) is 35.6 Å². The lowest BCUT2D eigenvalue weighted by atomic mass is 10.3. The number of esters is 1. The highest BCUT2D eigenvalue weighted by Crippen LogP contribution is 2.17. The molecule has 1 aromatic heterocycles. The van der Waals surface area contributed by atoms with Crippen molar-refractivity contribution in [1.82, 2.24) is 9.97 Å². The van der Waals surface area contributed by atoms with Crippen LogP contribution in [0.1, 0.15) is 17.4 Å². The number of nitrogens with one attached hydrogen (secondary N) is 2. The molecule has 0 bridgehead atoms. The number of amides is 1. The minimum absolute atomic E-state index is 0.168. The van der Waals surface area contributed by atoms with Gasteiger partial charge in [-0.15, -0.1) is 0 Å². The van der Waals surface area contributed by atoms with Crippen LogP contribution in [0.2, 0.25) is 0 Å². The van der Waals surface area contributed by atoms with Gasteiger partial charge in [-0.05, 0) is 31.2 Å². The first-order valence-corrected chi connectivity index (χ1v) is 7.89. The Morgan fingerprint density at radius 3 is 2.70 bits per heavy atom. The number of methoxy groups -OCH3 is 1. The van der Waals surface area contributed by atoms with E-state index in [2.05, 4.69) is 15.3 Å². The van der Waals surface area contributed by atoms with Gasteiger partial charge in [0, 0.05) is 5.69 Å². The number of benzene rings is 1. The SMILES string of the molecule is CCOC(=O)c1cnc(SCC(=O)Nc2ccc(OC)cc2)[nH]1. The van der Waals surface area contributed by atoms with Gasteiger partial charge in [0.2, 0.25) is 5.91 Å². The number of anilines is 1. The number of ether oxygens (including phenoxy) is 2. The van der Waals surface area contributed by atoms with Crippen molar-refractivity contribution in [2.24, 2.45) is 0 Å². The molecule has 8 heteroatoms. The molecule has 0 fully saturated rings. The number of carbonyl (C=O) groups is 2. The third-order valence-electron chi connectivity index (χ3n) is 2.76. The van der Waals surface area contributed by atoms with Crippen molar-refractivity contribution in [3.8, 4) is 5.75 Å². The first-order chi connectivity index (χ1) is 11.1. The van der Waals surface area contributed by atoms with E-state index in [1.54, 1.807) is 38.3 Å². The summed E-state index contributed by atoms with van der Waals surface area (Å²) in [5.74, 6) is 0.255. The molecular weight excluding hydrogens is 318 g/mol. The number of rotatable bonds is 7. The third-order valence-corrected chi connectivity index (χ3v) is 3.65. The number of thioether (sulfide) groups is 1. The number of H-pyrrole nitrogens is 1. The highest BCUT2D eigenvalue weighted by molar-refractivity contribution is 7.99. The maximum Gasteiger partial charge on any atom is 0.356 e. The molecule has 23 heavy (non-hydrogen) atoms. The second-order valence-electron chi connectivity index (χ2n) is 4.39. The van der Waals surface area contributed by atoms with Crippen molar-refractivity contribution in [1.29, 1.82) is 0 Å². The minimum Gasteiger partial charge on any atom is -0.497 e. The normalized spacial score (nSPS) is 10.2. The zero-order chi connectivity index (χ0) is 16.7. The monoisotopic (exact) mass is 335 g/mol. The maximum atomic E-state index is 11.9. The molecule has 0 atom stereocenters. The van der Waals surface area contributed by atoms with E-state index in [1.165, 1.54) is 18.0 Å². The summed E-state index contributed by atoms with van der Waals surface area (Å²) in [6.07, 6.45) is 1.39. The summed E-state index contributed by atoms with van der Waals surface area (Å²) in [4.78, 5) is 30.2. The van der Waals surface area contributed by atoms with Crippen LogP contribution < -0.4 is 10.1 Å². The van der Waals surface area contributed by atoms with Crippen LogP contribution in [0, 0.1) is 0 Å². The molecule has 0 saturated heterocycles. The van der Waals surface area contributed by atoms with Gasteiger partial charge in [-0.3, -0.25) is 4.79 Å². The molecule has 0 aliphatic rings. The maximum absolute atomic E-state index is 11.9. The zero-order valence-electron chi connectivity index (χ0n) is 12.8. The number of aromatic amines is 1. The molecule has 2 rings (SSSR count). The van der Waals surface area contributed by atoms with Crippen molar-refractivity contribution in [3.05, 3.63) is 36.2 Å². The fraction of sp³-hybridized carbons (Fsp3) is 0.267. The van der Waals surface area contributed by atoms with Gasteiger partial charge >= 0.3 is 5.97 Å². The molecular formula is C15H17N3O4S. The predicted octanol–water partition coefficient (Wildman–Crippen LogP) is 2.33. The summed E-state index contributed by atoms with van der Waals surface area (Å²) >= 11 is 1.20. The first kappa shape index (κ1) is 16.9. The van der Waals surface area contributed by atoms with E-state index in [-0.39, 0.29) is 17.4 Å². The Morgan fingerprint density at radius 1 is 1.30 bits per heavy atom. The van der Waals surface area contributed by atoms with Gasteiger partial charge in [-0.1, -0.05) is 11.8 Å². The average Bonchev–Trinajstić information content (AvgIpc) is 3.03. The molecule has 2 N–H and O–H groups in total. The van der Waals surface area contributed by atoms with Crippen LogP contribution >= 0.6 is 11.8 Å². The molecule has 1 heterocycles. The predicted molar refractivity (Wildman–Crippen MR) is 86.9 cm³/mol. The quantitative estimate of drug-likeness (QED) is 0.596. The van der Waals surface area contributed by atoms with Crippen molar-refractivity contribution < 1.29 is 19.1 Å². The van der Waals surface area contributed by atoms with E-state index in [9.17, 15) is 9.59 Å². The Morgan fingerprint density at radius 2 is 2.04 bits per heavy atom. The first-order valence-electron chi connectivity index (χ1n) is 6.91. The zero-order valence-corrected chi connectivity index (χ0v) is 13.6. The lowest BCUT2D eigenvalue weighted by Gasteiger charge is -2.05. The van der Waals surface area contributed by atoms with Crippen LogP contribution in [0.25, 0.3) is 0 Å². The van der Waals surface area contributed by atoms with E-state index in [1.807, 2.05) is 0 Å². The van der Waals surface area contributed by atoms with E-state index < -0.39 is 5.97 Å². The van der Waals surface area contributed by atoms with Crippen molar-refractivity contribution >= 4 is 29.3 Å². The van der Waals surface area contributed by atoms with Gasteiger partial charge in [0.1, 0.15) is 11.4 Å². The van der Waals surface area contributed by atoms with E-state index in [0.717, 1.165) is 5.75 Å². The second kappa shape index (κ2) is 8.23. The molecule has 2 aromatic rings. The smallest absolute Gasteiger partial charge is 0.356 e. The molecule has 1 amide bonds. The second-order valence-corrected chi connectivity index (χ2v) is 5.35. The lowest BCUT2D eigenvalue weighted by Crippen LogP contribution is -2.14. The van der Waals surface area contributed by atoms with Crippen molar-refractivity contribution in [2.75, 3.05) is 24.8 Å². The summed E-state index contributed by atoms with van der Waals surface area (Å²) in [5, 5.41) is 3.25. The topological polar surface area (TPSA) is 93.3 Å². The van der Waals surface area contributed by atoms with Crippen LogP contribution in [0.5, 0.6) is 5.75 Å². The number of aromatic nitrogens is 2. The van der Waals surface area contributed by atoms with Gasteiger partial charge in [-0.25, -0.2) is 9.78 Å². The van der Waals surface area contributed by atoms with Crippen LogP contribution in [0.4, 0.5) is 5.69 Å². The number of nitrogens with zero attached hydrogens (tertiary/aromatic N) is 1. The number of hydrogen-bond donors (Lipinski definition) is 2. The van der Waals surface area contributed by atoms with E-state index >= 15 is 0 Å². The number of imidazole rings is 1. The average molecular weight is 335 g/mol. The molecule has 122 valence electrons. The largest absolute Gasteiger partial charge is 0.497 e. The van der Waals surface area contributed by atoms with E-state index in [0.29, 0.717) is 17.5 Å². The van der Waals surface area contributed by atoms with Crippen LogP contribution in [-0.2, 0) is 9.53 Å². The van der Waals surface area contributed by atoms with Crippen molar-refractivity contribution in [3.63, 3.8) is 0 Å². The molecule has 1 aromatic carbocycles. The fourth-order valence-corrected chi connectivity index (χ4v) is 2.34. The molecule has 0 aliphatic heterocycles. The summed E-state index contributed by atoms with van der Waals surface area (Å²) in [6.45, 7) is 2.03. The van der Waals surface area contributed by atoms with Gasteiger partial charge in [0.15, 0.2) is 5.16 Å². The summed E-state index contributed by atoms with van der Waals surface area (Å²) < 4.78 is 9.91. The Bertz CT molecular complexity index is 670. The van der Waals surface area contributed by atoms with Crippen LogP contribution in [0.3, 0.4) is 0 Å². The fourth-order valence-electron chi connectivity index (χ4n) is 1.69. The lowest BCUT2D eigenvalue weighted by molar-refractivity contribution is -0.113. The summed E-state index contributed by atoms with van der Waals surface area (Å²) in [7, 11) is 1.58. The van der Waals surface area contributed by atoms with Gasteiger partial charge in [-0.2, -0.15) is 0 Å².